The lowest BCUT2D eigenvalue weighted by Gasteiger charge is -1.68. The van der Waals surface area contributed by atoms with E-state index >= 15 is 0 Å². The molecule has 4 nitrogen and oxygen atoms in total. The number of rotatable bonds is 1. The minimum Gasteiger partial charge on any atom is -0.264 e. The molecule has 0 heterocycles. The lowest BCUT2D eigenvalue weighted by atomic mass is 11.0. The van der Waals surface area contributed by atoms with Gasteiger partial charge in [0, 0.05) is 11.8 Å². The molecule has 9 heavy (non-hydrogen) atoms. The smallest absolute Gasteiger partial charge is 0.264 e. The summed E-state index contributed by atoms with van der Waals surface area (Å²) in [5, 5.41) is 0. The second kappa shape index (κ2) is 6.57. The van der Waals surface area contributed by atoms with Crippen LogP contribution in [0.4, 0.5) is 0 Å². The highest BCUT2D eigenvalue weighted by Crippen LogP contribution is 1.75. The first-order valence-electron chi connectivity index (χ1n) is 1.73. The van der Waals surface area contributed by atoms with Crippen molar-refractivity contribution >= 4 is 33.6 Å². The van der Waals surface area contributed by atoms with Crippen LogP contribution in [0.25, 0.3) is 0 Å². The van der Waals surface area contributed by atoms with Crippen LogP contribution in [0.5, 0.6) is 0 Å². The quantitative estimate of drug-likeness (QED) is 0.481. The van der Waals surface area contributed by atoms with Gasteiger partial charge in [-0.2, -0.15) is 8.42 Å². The van der Waals surface area contributed by atoms with E-state index in [0.717, 1.165) is 0 Å². The second-order valence-corrected chi connectivity index (χ2v) is 2.48. The van der Waals surface area contributed by atoms with Crippen LogP contribution in [0.3, 0.4) is 0 Å². The van der Waals surface area contributed by atoms with Gasteiger partial charge in [-0.25, -0.2) is 0 Å². The molecule has 0 aromatic heterocycles. The summed E-state index contributed by atoms with van der Waals surface area (Å²) in [5.41, 5.74) is 0. The largest absolute Gasteiger partial charge is 0.394 e. The summed E-state index contributed by atoms with van der Waals surface area (Å²) in [6, 6.07) is 0. The molecule has 0 atom stereocenters. The highest BCUT2D eigenvalue weighted by molar-refractivity contribution is 7.79. The lowest BCUT2D eigenvalue weighted by Crippen LogP contribution is -1.89. The van der Waals surface area contributed by atoms with Crippen LogP contribution in [-0.4, -0.2) is 29.3 Å². The zero-order valence-corrected chi connectivity index (χ0v) is 6.62. The normalized spacial score (nSPS) is 9.78. The molecular formula is C2H6Cl2O4S. The zero-order chi connectivity index (χ0) is 7.91. The van der Waals surface area contributed by atoms with E-state index in [1.807, 2.05) is 0 Å². The van der Waals surface area contributed by atoms with Crippen LogP contribution in [0.1, 0.15) is 0 Å². The topological polar surface area (TPSA) is 74.6 Å². The maximum atomic E-state index is 8.74. The Kier molecular flexibility index (Phi) is 8.87. The van der Waals surface area contributed by atoms with Crippen molar-refractivity contribution in [3.63, 3.8) is 0 Å². The van der Waals surface area contributed by atoms with Crippen molar-refractivity contribution in [3.05, 3.63) is 0 Å². The summed E-state index contributed by atoms with van der Waals surface area (Å²) in [4.78, 5) is 0. The van der Waals surface area contributed by atoms with Crippen LogP contribution < -0.4 is 0 Å². The summed E-state index contributed by atoms with van der Waals surface area (Å²) in [7, 11) is -4.67. The van der Waals surface area contributed by atoms with E-state index in [4.69, 9.17) is 40.7 Å². The van der Waals surface area contributed by atoms with Gasteiger partial charge >= 0.3 is 10.4 Å². The molecule has 0 amide bonds. The Balaban J connectivity index is 0. The van der Waals surface area contributed by atoms with Crippen molar-refractivity contribution < 1.29 is 17.5 Å². The minimum atomic E-state index is -4.67. The monoisotopic (exact) mass is 196 g/mol. The highest BCUT2D eigenvalue weighted by Gasteiger charge is 1.84. The van der Waals surface area contributed by atoms with E-state index in [1.165, 1.54) is 0 Å². The first kappa shape index (κ1) is 12.2. The van der Waals surface area contributed by atoms with Gasteiger partial charge in [0.1, 0.15) is 0 Å². The second-order valence-electron chi connectivity index (χ2n) is 0.826. The molecule has 0 rings (SSSR count). The summed E-state index contributed by atoms with van der Waals surface area (Å²) in [6.07, 6.45) is 0. The molecule has 0 aliphatic carbocycles. The fraction of sp³-hybridized carbons (Fsp3) is 1.00. The Morgan fingerprint density at radius 1 is 1.11 bits per heavy atom. The number of hydrogen-bond donors (Lipinski definition) is 2. The Hall–Kier alpha value is 0.450. The van der Waals surface area contributed by atoms with Crippen molar-refractivity contribution in [2.75, 3.05) is 11.8 Å². The number of alkyl halides is 2. The van der Waals surface area contributed by atoms with Crippen LogP contribution in [0.15, 0.2) is 0 Å². The molecule has 0 unspecified atom stereocenters. The fourth-order valence-corrected chi connectivity index (χ4v) is 0. The SMILES string of the molecule is ClCCCl.O=S(=O)(O)O. The third-order valence-electron chi connectivity index (χ3n) is 0.0714. The molecule has 0 aromatic carbocycles. The predicted molar refractivity (Wildman–Crippen MR) is 35.6 cm³/mol. The van der Waals surface area contributed by atoms with E-state index in [0.29, 0.717) is 11.8 Å². The van der Waals surface area contributed by atoms with E-state index < -0.39 is 10.4 Å². The molecule has 0 spiro atoms. The number of hydrogen-bond acceptors (Lipinski definition) is 2. The molecular weight excluding hydrogens is 191 g/mol. The third-order valence-corrected chi connectivity index (χ3v) is 0.643. The van der Waals surface area contributed by atoms with Crippen LogP contribution in [-0.2, 0) is 10.4 Å². The lowest BCUT2D eigenvalue weighted by molar-refractivity contribution is 0.381. The van der Waals surface area contributed by atoms with Crippen molar-refractivity contribution in [2.24, 2.45) is 0 Å². The van der Waals surface area contributed by atoms with E-state index in [2.05, 4.69) is 0 Å². The van der Waals surface area contributed by atoms with Gasteiger partial charge in [0.25, 0.3) is 0 Å². The zero-order valence-electron chi connectivity index (χ0n) is 4.29. The first-order chi connectivity index (χ1) is 3.91. The highest BCUT2D eigenvalue weighted by atomic mass is 35.5. The Labute approximate surface area is 63.3 Å². The Bertz CT molecular complexity index is 120. The van der Waals surface area contributed by atoms with Gasteiger partial charge in [0.15, 0.2) is 0 Å². The molecule has 0 aliphatic rings. The van der Waals surface area contributed by atoms with E-state index in [1.54, 1.807) is 0 Å². The average molecular weight is 197 g/mol. The molecule has 7 heteroatoms. The third kappa shape index (κ3) is 167. The van der Waals surface area contributed by atoms with E-state index in [9.17, 15) is 0 Å². The maximum Gasteiger partial charge on any atom is 0.394 e. The van der Waals surface area contributed by atoms with Gasteiger partial charge in [0.05, 0.1) is 0 Å². The summed E-state index contributed by atoms with van der Waals surface area (Å²) < 4.78 is 31.6. The van der Waals surface area contributed by atoms with Gasteiger partial charge < -0.3 is 0 Å². The molecule has 0 aromatic rings. The molecule has 0 fully saturated rings. The first-order valence-corrected chi connectivity index (χ1v) is 4.20. The van der Waals surface area contributed by atoms with Crippen molar-refractivity contribution in [1.82, 2.24) is 0 Å². The van der Waals surface area contributed by atoms with Gasteiger partial charge in [-0.05, 0) is 0 Å². The van der Waals surface area contributed by atoms with Crippen LogP contribution in [0, 0.1) is 0 Å². The van der Waals surface area contributed by atoms with Crippen molar-refractivity contribution in [2.45, 2.75) is 0 Å². The Morgan fingerprint density at radius 3 is 1.22 bits per heavy atom. The predicted octanol–water partition coefficient (Wildman–Crippen LogP) is 0.811. The number of halogens is 2. The van der Waals surface area contributed by atoms with Crippen molar-refractivity contribution in [3.8, 4) is 0 Å². The van der Waals surface area contributed by atoms with Gasteiger partial charge in [-0.3, -0.25) is 9.11 Å². The van der Waals surface area contributed by atoms with Crippen LogP contribution in [0.2, 0.25) is 0 Å². The minimum absolute atomic E-state index is 0.557. The molecule has 0 saturated carbocycles. The molecule has 58 valence electrons. The molecule has 2 N–H and O–H groups in total. The van der Waals surface area contributed by atoms with E-state index in [-0.39, 0.29) is 0 Å². The Morgan fingerprint density at radius 2 is 1.22 bits per heavy atom. The van der Waals surface area contributed by atoms with Gasteiger partial charge in [0.2, 0.25) is 0 Å². The van der Waals surface area contributed by atoms with Crippen LogP contribution >= 0.6 is 23.2 Å². The van der Waals surface area contributed by atoms with Gasteiger partial charge in [-0.1, -0.05) is 0 Å². The molecule has 0 radical (unpaired) electrons. The van der Waals surface area contributed by atoms with Crippen molar-refractivity contribution in [1.29, 1.82) is 0 Å². The summed E-state index contributed by atoms with van der Waals surface area (Å²) >= 11 is 10.1. The molecule has 0 aliphatic heterocycles. The summed E-state index contributed by atoms with van der Waals surface area (Å²) in [6.45, 7) is 0. The van der Waals surface area contributed by atoms with Gasteiger partial charge in [-0.15, -0.1) is 23.2 Å². The fourth-order valence-electron chi connectivity index (χ4n) is 0. The molecule has 0 saturated heterocycles. The summed E-state index contributed by atoms with van der Waals surface area (Å²) in [5.74, 6) is 1.11. The maximum absolute atomic E-state index is 8.74. The average Bonchev–Trinajstić information content (AvgIpc) is 1.61. The standard InChI is InChI=1S/C2H4Cl2.H2O4S/c3-1-2-4;1-5(2,3)4/h1-2H2;(H2,1,2,3,4). The molecule has 0 bridgehead atoms.